The SMILES string of the molecule is Cc1nc(NC(=O)Cc2c(F)cccc2Cl)sc1-c1nccn1C. The van der Waals surface area contributed by atoms with Gasteiger partial charge in [0.1, 0.15) is 5.82 Å². The first kappa shape index (κ1) is 16.6. The summed E-state index contributed by atoms with van der Waals surface area (Å²) in [5.41, 5.74) is 0.947. The fourth-order valence-electron chi connectivity index (χ4n) is 2.27. The van der Waals surface area contributed by atoms with E-state index in [9.17, 15) is 9.18 Å². The van der Waals surface area contributed by atoms with Gasteiger partial charge in [-0.25, -0.2) is 14.4 Å². The molecule has 0 bridgehead atoms. The van der Waals surface area contributed by atoms with Crippen molar-refractivity contribution < 1.29 is 9.18 Å². The van der Waals surface area contributed by atoms with E-state index >= 15 is 0 Å². The van der Waals surface area contributed by atoms with E-state index in [-0.39, 0.29) is 22.9 Å². The minimum absolute atomic E-state index is 0.151. The normalized spacial score (nSPS) is 10.8. The van der Waals surface area contributed by atoms with Crippen molar-refractivity contribution in [1.82, 2.24) is 14.5 Å². The first-order valence-corrected chi connectivity index (χ1v) is 8.33. The fourth-order valence-corrected chi connectivity index (χ4v) is 3.52. The first-order chi connectivity index (χ1) is 11.5. The van der Waals surface area contributed by atoms with Crippen molar-refractivity contribution >= 4 is 34.0 Å². The molecule has 0 aliphatic carbocycles. The molecule has 2 aromatic heterocycles. The Hall–Kier alpha value is -2.25. The lowest BCUT2D eigenvalue weighted by atomic mass is 10.1. The van der Waals surface area contributed by atoms with E-state index in [0.717, 1.165) is 16.4 Å². The lowest BCUT2D eigenvalue weighted by Crippen LogP contribution is -2.15. The summed E-state index contributed by atoms with van der Waals surface area (Å²) in [7, 11) is 1.89. The van der Waals surface area contributed by atoms with E-state index in [1.165, 1.54) is 23.5 Å². The molecule has 124 valence electrons. The number of hydrogen-bond acceptors (Lipinski definition) is 4. The minimum Gasteiger partial charge on any atom is -0.333 e. The number of anilines is 1. The van der Waals surface area contributed by atoms with Crippen LogP contribution >= 0.6 is 22.9 Å². The highest BCUT2D eigenvalue weighted by Gasteiger charge is 2.17. The molecule has 0 spiro atoms. The Morgan fingerprint density at radius 2 is 2.25 bits per heavy atom. The number of rotatable bonds is 4. The molecule has 0 unspecified atom stereocenters. The van der Waals surface area contributed by atoms with E-state index in [1.54, 1.807) is 12.3 Å². The van der Waals surface area contributed by atoms with Crippen molar-refractivity contribution in [3.05, 3.63) is 52.7 Å². The van der Waals surface area contributed by atoms with Crippen LogP contribution in [-0.2, 0) is 18.3 Å². The average Bonchev–Trinajstić information content (AvgIpc) is 3.08. The van der Waals surface area contributed by atoms with Crippen molar-refractivity contribution in [1.29, 1.82) is 0 Å². The van der Waals surface area contributed by atoms with Gasteiger partial charge in [-0.15, -0.1) is 0 Å². The van der Waals surface area contributed by atoms with Crippen molar-refractivity contribution in [2.45, 2.75) is 13.3 Å². The predicted octanol–water partition coefficient (Wildman–Crippen LogP) is 3.83. The Labute approximate surface area is 147 Å². The van der Waals surface area contributed by atoms with Crippen LogP contribution < -0.4 is 5.32 Å². The van der Waals surface area contributed by atoms with Crippen molar-refractivity contribution in [3.63, 3.8) is 0 Å². The number of amides is 1. The van der Waals surface area contributed by atoms with Gasteiger partial charge in [0.15, 0.2) is 11.0 Å². The van der Waals surface area contributed by atoms with Gasteiger partial charge in [-0.3, -0.25) is 4.79 Å². The Bertz CT molecular complexity index is 885. The summed E-state index contributed by atoms with van der Waals surface area (Å²) in [5.74, 6) is -0.0912. The number of aryl methyl sites for hydroxylation is 2. The maximum Gasteiger partial charge on any atom is 0.230 e. The van der Waals surface area contributed by atoms with E-state index in [1.807, 2.05) is 24.7 Å². The second-order valence-corrected chi connectivity index (χ2v) is 6.63. The number of benzene rings is 1. The van der Waals surface area contributed by atoms with Gasteiger partial charge in [0.25, 0.3) is 0 Å². The molecule has 0 atom stereocenters. The molecule has 0 radical (unpaired) electrons. The molecule has 3 rings (SSSR count). The third-order valence-electron chi connectivity index (χ3n) is 3.47. The highest BCUT2D eigenvalue weighted by Crippen LogP contribution is 2.31. The molecule has 3 aromatic rings. The number of aromatic nitrogens is 3. The zero-order valence-electron chi connectivity index (χ0n) is 13.0. The number of carbonyl (C=O) groups excluding carboxylic acids is 1. The maximum absolute atomic E-state index is 13.8. The fraction of sp³-hybridized carbons (Fsp3) is 0.188. The predicted molar refractivity (Wildman–Crippen MR) is 92.8 cm³/mol. The molecule has 0 saturated heterocycles. The van der Waals surface area contributed by atoms with Gasteiger partial charge >= 0.3 is 0 Å². The molecule has 24 heavy (non-hydrogen) atoms. The molecular weight excluding hydrogens is 351 g/mol. The smallest absolute Gasteiger partial charge is 0.230 e. The quantitative estimate of drug-likeness (QED) is 0.765. The van der Waals surface area contributed by atoms with Crippen LogP contribution in [0.1, 0.15) is 11.3 Å². The summed E-state index contributed by atoms with van der Waals surface area (Å²) >= 11 is 7.27. The molecule has 8 heteroatoms. The zero-order valence-corrected chi connectivity index (χ0v) is 14.6. The third kappa shape index (κ3) is 3.32. The second kappa shape index (κ2) is 6.70. The topological polar surface area (TPSA) is 59.8 Å². The Morgan fingerprint density at radius 3 is 2.92 bits per heavy atom. The molecule has 1 aromatic carbocycles. The Morgan fingerprint density at radius 1 is 1.46 bits per heavy atom. The molecule has 0 saturated carbocycles. The van der Waals surface area contributed by atoms with Crippen molar-refractivity contribution in [3.8, 4) is 10.7 Å². The monoisotopic (exact) mass is 364 g/mol. The molecule has 0 fully saturated rings. The summed E-state index contributed by atoms with van der Waals surface area (Å²) in [6.07, 6.45) is 3.39. The summed E-state index contributed by atoms with van der Waals surface area (Å²) in [6, 6.07) is 4.34. The molecule has 1 amide bonds. The number of hydrogen-bond donors (Lipinski definition) is 1. The lowest BCUT2D eigenvalue weighted by molar-refractivity contribution is -0.115. The van der Waals surface area contributed by atoms with Crippen LogP contribution in [0.5, 0.6) is 0 Å². The van der Waals surface area contributed by atoms with Gasteiger partial charge < -0.3 is 9.88 Å². The number of carbonyl (C=O) groups is 1. The van der Waals surface area contributed by atoms with Crippen molar-refractivity contribution in [2.75, 3.05) is 5.32 Å². The Balaban J connectivity index is 1.77. The van der Waals surface area contributed by atoms with Crippen LogP contribution in [0.15, 0.2) is 30.6 Å². The summed E-state index contributed by atoms with van der Waals surface area (Å²) in [4.78, 5) is 21.7. The van der Waals surface area contributed by atoms with Crippen LogP contribution in [0.3, 0.4) is 0 Å². The average molecular weight is 365 g/mol. The number of nitrogens with zero attached hydrogens (tertiary/aromatic N) is 3. The van der Waals surface area contributed by atoms with Gasteiger partial charge in [0.2, 0.25) is 5.91 Å². The Kier molecular flexibility index (Phi) is 4.64. The maximum atomic E-state index is 13.8. The number of imidazole rings is 1. The van der Waals surface area contributed by atoms with Crippen LogP contribution in [-0.4, -0.2) is 20.4 Å². The number of nitrogens with one attached hydrogen (secondary N) is 1. The molecule has 2 heterocycles. The second-order valence-electron chi connectivity index (χ2n) is 5.22. The van der Waals surface area contributed by atoms with E-state index < -0.39 is 5.82 Å². The van der Waals surface area contributed by atoms with E-state index in [0.29, 0.717) is 5.13 Å². The van der Waals surface area contributed by atoms with Gasteiger partial charge in [-0.1, -0.05) is 29.0 Å². The van der Waals surface area contributed by atoms with Crippen LogP contribution in [0.2, 0.25) is 5.02 Å². The standard InChI is InChI=1S/C16H14ClFN4OS/c1-9-14(15-19-6-7-22(15)2)24-16(20-9)21-13(23)8-10-11(17)4-3-5-12(10)18/h3-7H,8H2,1-2H3,(H,20,21,23). The zero-order chi connectivity index (χ0) is 17.3. The summed E-state index contributed by atoms with van der Waals surface area (Å²) in [5, 5.41) is 3.37. The molecule has 0 aliphatic rings. The van der Waals surface area contributed by atoms with Gasteiger partial charge in [0.05, 0.1) is 17.0 Å². The van der Waals surface area contributed by atoms with E-state index in [4.69, 9.17) is 11.6 Å². The first-order valence-electron chi connectivity index (χ1n) is 7.13. The summed E-state index contributed by atoms with van der Waals surface area (Å²) < 4.78 is 15.6. The van der Waals surface area contributed by atoms with Gasteiger partial charge in [0, 0.05) is 30.0 Å². The van der Waals surface area contributed by atoms with Crippen molar-refractivity contribution in [2.24, 2.45) is 7.05 Å². The largest absolute Gasteiger partial charge is 0.333 e. The highest BCUT2D eigenvalue weighted by atomic mass is 35.5. The molecular formula is C16H14ClFN4OS. The number of thiazole rings is 1. The van der Waals surface area contributed by atoms with Gasteiger partial charge in [-0.2, -0.15) is 0 Å². The van der Waals surface area contributed by atoms with Crippen LogP contribution in [0, 0.1) is 12.7 Å². The van der Waals surface area contributed by atoms with E-state index in [2.05, 4.69) is 15.3 Å². The number of halogens is 2. The van der Waals surface area contributed by atoms with Gasteiger partial charge in [-0.05, 0) is 19.1 Å². The van der Waals surface area contributed by atoms with Crippen LogP contribution in [0.25, 0.3) is 10.7 Å². The molecule has 5 nitrogen and oxygen atoms in total. The highest BCUT2D eigenvalue weighted by molar-refractivity contribution is 7.19. The third-order valence-corrected chi connectivity index (χ3v) is 4.89. The molecule has 1 N–H and O–H groups in total. The van der Waals surface area contributed by atoms with Crippen LogP contribution in [0.4, 0.5) is 9.52 Å². The lowest BCUT2D eigenvalue weighted by Gasteiger charge is -2.05. The minimum atomic E-state index is -0.498. The molecule has 0 aliphatic heterocycles. The summed E-state index contributed by atoms with van der Waals surface area (Å²) in [6.45, 7) is 1.85.